The molecule has 3 heterocycles. The molecule has 0 amide bonds. The molecule has 0 aliphatic carbocycles. The minimum absolute atomic E-state index is 0.661. The van der Waals surface area contributed by atoms with Crippen LogP contribution in [0.1, 0.15) is 0 Å². The first-order valence-electron chi connectivity index (χ1n) is 5.99. The lowest BCUT2D eigenvalue weighted by atomic mass is 10.3. The van der Waals surface area contributed by atoms with Gasteiger partial charge in [-0.15, -0.1) is 27.8 Å². The molecule has 4 rings (SSSR count). The number of thiazole rings is 1. The van der Waals surface area contributed by atoms with Crippen LogP contribution >= 0.6 is 46.0 Å². The van der Waals surface area contributed by atoms with Gasteiger partial charge in [0.25, 0.3) is 0 Å². The number of aromatic amines is 1. The molecule has 0 aliphatic rings. The summed E-state index contributed by atoms with van der Waals surface area (Å²) < 4.78 is 1.95. The Morgan fingerprint density at radius 2 is 2.10 bits per heavy atom. The first-order chi connectivity index (χ1) is 10.3. The van der Waals surface area contributed by atoms with Crippen LogP contribution in [0.15, 0.2) is 45.2 Å². The lowest BCUT2D eigenvalue weighted by Crippen LogP contribution is -1.75. The monoisotopic (exact) mass is 350 g/mol. The minimum Gasteiger partial charge on any atom is -0.257 e. The van der Waals surface area contributed by atoms with E-state index in [1.165, 1.54) is 11.8 Å². The number of nitrogens with zero attached hydrogens (tertiary/aromatic N) is 3. The number of hydrogen-bond acceptors (Lipinski definition) is 6. The number of nitrogens with one attached hydrogen (secondary N) is 1. The van der Waals surface area contributed by atoms with Crippen molar-refractivity contribution in [2.24, 2.45) is 0 Å². The van der Waals surface area contributed by atoms with E-state index in [0.717, 1.165) is 25.3 Å². The molecule has 8 heteroatoms. The van der Waals surface area contributed by atoms with Crippen molar-refractivity contribution in [3.63, 3.8) is 0 Å². The minimum atomic E-state index is 0.661. The Labute approximate surface area is 137 Å². The van der Waals surface area contributed by atoms with E-state index in [1.807, 2.05) is 35.7 Å². The summed E-state index contributed by atoms with van der Waals surface area (Å²) in [6, 6.07) is 9.79. The number of H-pyrrole nitrogens is 1. The second-order valence-corrected chi connectivity index (χ2v) is 7.71. The fraction of sp³-hybridized carbons (Fsp3) is 0. The van der Waals surface area contributed by atoms with Crippen LogP contribution in [0.3, 0.4) is 0 Å². The van der Waals surface area contributed by atoms with E-state index < -0.39 is 0 Å². The summed E-state index contributed by atoms with van der Waals surface area (Å²) in [7, 11) is 0. The van der Waals surface area contributed by atoms with Crippen molar-refractivity contribution in [2.45, 2.75) is 9.50 Å². The maximum absolute atomic E-state index is 6.14. The topological polar surface area (TPSA) is 54.5 Å². The molecule has 1 N–H and O–H groups in total. The highest BCUT2D eigenvalue weighted by atomic mass is 35.5. The van der Waals surface area contributed by atoms with Crippen molar-refractivity contribution < 1.29 is 0 Å². The number of rotatable bonds is 3. The van der Waals surface area contributed by atoms with E-state index in [-0.39, 0.29) is 0 Å². The second kappa shape index (κ2) is 5.42. The normalized spacial score (nSPS) is 11.3. The molecule has 3 aromatic heterocycles. The van der Waals surface area contributed by atoms with Gasteiger partial charge in [-0.3, -0.25) is 5.10 Å². The van der Waals surface area contributed by atoms with Gasteiger partial charge in [-0.25, -0.2) is 9.97 Å². The molecule has 0 aliphatic heterocycles. The molecule has 4 aromatic rings. The van der Waals surface area contributed by atoms with Gasteiger partial charge in [0.2, 0.25) is 5.16 Å². The third kappa shape index (κ3) is 2.57. The molecule has 0 saturated heterocycles. The Morgan fingerprint density at radius 3 is 2.90 bits per heavy atom. The number of aromatic nitrogens is 4. The molecule has 0 radical (unpaired) electrons. The molecule has 1 aromatic carbocycles. The maximum Gasteiger partial charge on any atom is 0.215 e. The summed E-state index contributed by atoms with van der Waals surface area (Å²) in [6.07, 6.45) is 0. The van der Waals surface area contributed by atoms with Crippen molar-refractivity contribution in [3.05, 3.63) is 40.7 Å². The summed E-state index contributed by atoms with van der Waals surface area (Å²) in [5, 5.41) is 10.5. The molecular formula is C13H7ClN4S3. The van der Waals surface area contributed by atoms with Crippen LogP contribution in [-0.4, -0.2) is 20.2 Å². The second-order valence-electron chi connectivity index (χ2n) is 4.11. The van der Waals surface area contributed by atoms with Crippen molar-refractivity contribution in [1.82, 2.24) is 20.2 Å². The first kappa shape index (κ1) is 13.3. The van der Waals surface area contributed by atoms with E-state index in [0.29, 0.717) is 10.2 Å². The Morgan fingerprint density at radius 1 is 1.14 bits per heavy atom. The zero-order chi connectivity index (χ0) is 14.2. The maximum atomic E-state index is 6.14. The molecule has 0 spiro atoms. The van der Waals surface area contributed by atoms with Crippen LogP contribution in [0.4, 0.5) is 0 Å². The van der Waals surface area contributed by atoms with E-state index in [2.05, 4.69) is 20.2 Å². The summed E-state index contributed by atoms with van der Waals surface area (Å²) in [5.41, 5.74) is 0.834. The van der Waals surface area contributed by atoms with Gasteiger partial charge in [-0.1, -0.05) is 23.7 Å². The molecule has 0 unspecified atom stereocenters. The fourth-order valence-corrected chi connectivity index (χ4v) is 4.67. The van der Waals surface area contributed by atoms with Crippen LogP contribution in [0.25, 0.3) is 20.9 Å². The van der Waals surface area contributed by atoms with Crippen molar-refractivity contribution in [1.29, 1.82) is 0 Å². The van der Waals surface area contributed by atoms with Gasteiger partial charge in [0.05, 0.1) is 14.6 Å². The molecule has 21 heavy (non-hydrogen) atoms. The van der Waals surface area contributed by atoms with Gasteiger partial charge in [0, 0.05) is 0 Å². The van der Waals surface area contributed by atoms with Gasteiger partial charge in [-0.2, -0.15) is 0 Å². The van der Waals surface area contributed by atoms with Gasteiger partial charge in [0.1, 0.15) is 5.52 Å². The van der Waals surface area contributed by atoms with Crippen LogP contribution in [-0.2, 0) is 0 Å². The van der Waals surface area contributed by atoms with Gasteiger partial charge >= 0.3 is 0 Å². The van der Waals surface area contributed by atoms with E-state index >= 15 is 0 Å². The zero-order valence-corrected chi connectivity index (χ0v) is 13.6. The standard InChI is InChI=1S/C13H7ClN4S3/c14-7-3-1-4-8-10(7)15-13(20-8)21-12-16-11(17-18-12)9-5-2-6-19-9/h1-6H,(H,16,17,18). The van der Waals surface area contributed by atoms with Crippen molar-refractivity contribution >= 4 is 56.3 Å². The van der Waals surface area contributed by atoms with Crippen LogP contribution in [0.5, 0.6) is 0 Å². The van der Waals surface area contributed by atoms with Gasteiger partial charge < -0.3 is 0 Å². The third-order valence-electron chi connectivity index (χ3n) is 2.75. The zero-order valence-electron chi connectivity index (χ0n) is 10.4. The number of fused-ring (bicyclic) bond motifs is 1. The fourth-order valence-electron chi connectivity index (χ4n) is 1.83. The molecule has 4 nitrogen and oxygen atoms in total. The van der Waals surface area contributed by atoms with E-state index in [1.54, 1.807) is 22.7 Å². The molecule has 0 atom stereocenters. The van der Waals surface area contributed by atoms with E-state index in [9.17, 15) is 0 Å². The number of para-hydroxylation sites is 1. The Kier molecular flexibility index (Phi) is 3.42. The van der Waals surface area contributed by atoms with E-state index in [4.69, 9.17) is 11.6 Å². The van der Waals surface area contributed by atoms with Crippen molar-refractivity contribution in [3.8, 4) is 10.7 Å². The summed E-state index contributed by atoms with van der Waals surface area (Å²) in [4.78, 5) is 10.1. The number of benzene rings is 1. The Bertz CT molecular complexity index is 897. The molecule has 104 valence electrons. The average molecular weight is 351 g/mol. The largest absolute Gasteiger partial charge is 0.257 e. The lowest BCUT2D eigenvalue weighted by molar-refractivity contribution is 0.973. The first-order valence-corrected chi connectivity index (χ1v) is 8.88. The number of thiophene rings is 1. The Hall–Kier alpha value is -1.41. The predicted molar refractivity (Wildman–Crippen MR) is 88.4 cm³/mol. The SMILES string of the molecule is Clc1cccc2sc(Sc3n[nH]c(-c4cccs4)n3)nc12. The summed E-state index contributed by atoms with van der Waals surface area (Å²) >= 11 is 10.8. The van der Waals surface area contributed by atoms with Gasteiger partial charge in [-0.05, 0) is 35.3 Å². The third-order valence-corrected chi connectivity index (χ3v) is 5.88. The average Bonchev–Trinajstić information content (AvgIpc) is 3.18. The highest BCUT2D eigenvalue weighted by Crippen LogP contribution is 2.35. The smallest absolute Gasteiger partial charge is 0.215 e. The Balaban J connectivity index is 1.64. The molecule has 0 fully saturated rings. The quantitative estimate of drug-likeness (QED) is 0.568. The van der Waals surface area contributed by atoms with Crippen molar-refractivity contribution in [2.75, 3.05) is 0 Å². The number of halogens is 1. The summed E-state index contributed by atoms with van der Waals surface area (Å²) in [6.45, 7) is 0. The predicted octanol–water partition coefficient (Wildman–Crippen LogP) is 4.95. The summed E-state index contributed by atoms with van der Waals surface area (Å²) in [5.74, 6) is 0.784. The number of hydrogen-bond donors (Lipinski definition) is 1. The van der Waals surface area contributed by atoms with Crippen LogP contribution in [0.2, 0.25) is 5.02 Å². The molecular weight excluding hydrogens is 344 g/mol. The van der Waals surface area contributed by atoms with Gasteiger partial charge in [0.15, 0.2) is 10.2 Å². The molecule has 0 bridgehead atoms. The highest BCUT2D eigenvalue weighted by Gasteiger charge is 2.12. The highest BCUT2D eigenvalue weighted by molar-refractivity contribution is 8.01. The van der Waals surface area contributed by atoms with Crippen LogP contribution < -0.4 is 0 Å². The van der Waals surface area contributed by atoms with Crippen LogP contribution in [0, 0.1) is 0 Å². The lowest BCUT2D eigenvalue weighted by Gasteiger charge is -1.88. The molecule has 0 saturated carbocycles.